The summed E-state index contributed by atoms with van der Waals surface area (Å²) in [6, 6.07) is -1.01. The summed E-state index contributed by atoms with van der Waals surface area (Å²) in [5, 5.41) is 13.1. The zero-order chi connectivity index (χ0) is 28.1. The number of hydrogen-bond acceptors (Lipinski definition) is 10. The fourth-order valence-electron chi connectivity index (χ4n) is 6.61. The average Bonchev–Trinajstić information content (AvgIpc) is 3.54. The molecule has 218 valence electrons. The predicted octanol–water partition coefficient (Wildman–Crippen LogP) is 2.49. The van der Waals surface area contributed by atoms with Gasteiger partial charge in [-0.1, -0.05) is 13.8 Å². The third kappa shape index (κ3) is 6.88. The van der Waals surface area contributed by atoms with Crippen LogP contribution in [0.5, 0.6) is 0 Å². The molecule has 4 rings (SSSR count). The fraction of sp³-hybridized carbons (Fsp3) is 0.852. The van der Waals surface area contributed by atoms with Crippen LogP contribution in [0.25, 0.3) is 0 Å². The summed E-state index contributed by atoms with van der Waals surface area (Å²) in [7, 11) is 1.34. The molecule has 0 N–H and O–H groups in total. The van der Waals surface area contributed by atoms with Gasteiger partial charge in [0.2, 0.25) is 0 Å². The maximum Gasteiger partial charge on any atom is 0.410 e. The van der Waals surface area contributed by atoms with Gasteiger partial charge < -0.3 is 14.2 Å². The van der Waals surface area contributed by atoms with Crippen LogP contribution in [0, 0.1) is 23.7 Å². The van der Waals surface area contributed by atoms with Crippen molar-refractivity contribution in [3.05, 3.63) is 5.82 Å². The van der Waals surface area contributed by atoms with Gasteiger partial charge in [-0.2, -0.15) is 4.80 Å². The van der Waals surface area contributed by atoms with Crippen molar-refractivity contribution in [2.75, 3.05) is 40.0 Å². The van der Waals surface area contributed by atoms with E-state index < -0.39 is 12.1 Å². The topological polar surface area (TPSA) is 129 Å². The van der Waals surface area contributed by atoms with Gasteiger partial charge in [0.1, 0.15) is 12.1 Å². The van der Waals surface area contributed by atoms with Crippen molar-refractivity contribution in [1.82, 2.24) is 30.0 Å². The number of likely N-dealkylation sites (tertiary alicyclic amines) is 2. The van der Waals surface area contributed by atoms with Crippen LogP contribution >= 0.6 is 0 Å². The Balaban J connectivity index is 1.43. The van der Waals surface area contributed by atoms with E-state index in [4.69, 9.17) is 14.2 Å². The molecule has 0 bridgehead atoms. The van der Waals surface area contributed by atoms with E-state index >= 15 is 0 Å². The van der Waals surface area contributed by atoms with E-state index in [0.717, 1.165) is 38.1 Å². The fourth-order valence-corrected chi connectivity index (χ4v) is 6.61. The quantitative estimate of drug-likeness (QED) is 0.335. The van der Waals surface area contributed by atoms with Crippen LogP contribution in [0.3, 0.4) is 0 Å². The number of fused-ring (bicyclic) bond motifs is 1. The molecule has 12 heteroatoms. The van der Waals surface area contributed by atoms with E-state index in [-0.39, 0.29) is 30.6 Å². The second-order valence-corrected chi connectivity index (χ2v) is 11.6. The van der Waals surface area contributed by atoms with Crippen molar-refractivity contribution in [3.63, 3.8) is 0 Å². The number of tetrazole rings is 1. The summed E-state index contributed by atoms with van der Waals surface area (Å²) in [5.74, 6) is 1.58. The van der Waals surface area contributed by atoms with Crippen LogP contribution < -0.4 is 0 Å². The Morgan fingerprint density at radius 1 is 0.949 bits per heavy atom. The standard InChI is InChI=1S/C27H44N6O6/c1-6-38-25(34)22-13-21(33-29-24(28-30-33)10-17(3)4)16-31(22)14-18-8-9-19-15-32(27(36)37-5)23(12-20(19)11-18)26(35)39-7-2/h17-23H,6-16H2,1-5H3. The lowest BCUT2D eigenvalue weighted by atomic mass is 9.69. The first-order valence-corrected chi connectivity index (χ1v) is 14.4. The van der Waals surface area contributed by atoms with E-state index in [1.807, 2.05) is 6.92 Å². The first-order chi connectivity index (χ1) is 18.7. The Bertz CT molecular complexity index is 1000. The molecule has 6 atom stereocenters. The number of hydrogen-bond donors (Lipinski definition) is 0. The smallest absolute Gasteiger partial charge is 0.410 e. The third-order valence-corrected chi connectivity index (χ3v) is 8.37. The highest BCUT2D eigenvalue weighted by molar-refractivity contribution is 5.81. The summed E-state index contributed by atoms with van der Waals surface area (Å²) in [4.78, 5) is 43.5. The number of methoxy groups -OCH3 is 1. The minimum Gasteiger partial charge on any atom is -0.465 e. The Hall–Kier alpha value is -2.76. The number of esters is 2. The Morgan fingerprint density at radius 3 is 2.33 bits per heavy atom. The lowest BCUT2D eigenvalue weighted by molar-refractivity contribution is -0.153. The monoisotopic (exact) mass is 548 g/mol. The second kappa shape index (κ2) is 13.1. The summed E-state index contributed by atoms with van der Waals surface area (Å²) in [5.41, 5.74) is 0. The molecule has 0 aromatic carbocycles. The number of carbonyl (C=O) groups excluding carboxylic acids is 3. The summed E-state index contributed by atoms with van der Waals surface area (Å²) >= 11 is 0. The molecule has 0 radical (unpaired) electrons. The van der Waals surface area contributed by atoms with Gasteiger partial charge in [-0.3, -0.25) is 14.6 Å². The minimum absolute atomic E-state index is 0.0411. The molecule has 1 aromatic rings. The van der Waals surface area contributed by atoms with Gasteiger partial charge in [-0.05, 0) is 74.8 Å². The molecule has 3 heterocycles. The van der Waals surface area contributed by atoms with Crippen LogP contribution in [-0.2, 0) is 30.2 Å². The van der Waals surface area contributed by atoms with Crippen LogP contribution in [0.2, 0.25) is 0 Å². The van der Waals surface area contributed by atoms with Gasteiger partial charge in [0, 0.05) is 26.1 Å². The summed E-state index contributed by atoms with van der Waals surface area (Å²) in [6.07, 6.45) is 4.34. The van der Waals surface area contributed by atoms with E-state index in [9.17, 15) is 14.4 Å². The summed E-state index contributed by atoms with van der Waals surface area (Å²) < 4.78 is 15.7. The molecule has 0 spiro atoms. The average molecular weight is 549 g/mol. The molecule has 2 saturated heterocycles. The first kappa shape index (κ1) is 29.2. The zero-order valence-corrected chi connectivity index (χ0v) is 24.0. The molecule has 6 unspecified atom stereocenters. The van der Waals surface area contributed by atoms with Gasteiger partial charge in [-0.25, -0.2) is 9.59 Å². The molecule has 1 amide bonds. The molecular formula is C27H44N6O6. The van der Waals surface area contributed by atoms with Crippen molar-refractivity contribution in [2.45, 2.75) is 84.3 Å². The van der Waals surface area contributed by atoms with Gasteiger partial charge in [-0.15, -0.1) is 10.2 Å². The van der Waals surface area contributed by atoms with Crippen molar-refractivity contribution in [2.24, 2.45) is 23.7 Å². The highest BCUT2D eigenvalue weighted by atomic mass is 16.6. The molecule has 1 saturated carbocycles. The minimum atomic E-state index is -0.626. The third-order valence-electron chi connectivity index (χ3n) is 8.37. The highest BCUT2D eigenvalue weighted by Crippen LogP contribution is 2.42. The normalized spacial score (nSPS) is 29.2. The van der Waals surface area contributed by atoms with Gasteiger partial charge in [0.15, 0.2) is 5.82 Å². The number of nitrogens with zero attached hydrogens (tertiary/aromatic N) is 6. The second-order valence-electron chi connectivity index (χ2n) is 11.6. The number of aromatic nitrogens is 4. The maximum atomic E-state index is 12.9. The highest BCUT2D eigenvalue weighted by Gasteiger charge is 2.46. The zero-order valence-electron chi connectivity index (χ0n) is 24.0. The number of ether oxygens (including phenoxy) is 3. The van der Waals surface area contributed by atoms with Gasteiger partial charge in [0.05, 0.1) is 26.4 Å². The molecule has 12 nitrogen and oxygen atoms in total. The van der Waals surface area contributed by atoms with Gasteiger partial charge >= 0.3 is 18.0 Å². The van der Waals surface area contributed by atoms with Crippen LogP contribution in [-0.4, -0.2) is 100 Å². The molecule has 39 heavy (non-hydrogen) atoms. The number of piperidine rings is 1. The van der Waals surface area contributed by atoms with E-state index in [1.165, 1.54) is 7.11 Å². The lowest BCUT2D eigenvalue weighted by Crippen LogP contribution is -2.55. The predicted molar refractivity (Wildman–Crippen MR) is 140 cm³/mol. The molecule has 3 aliphatic rings. The Morgan fingerprint density at radius 2 is 1.67 bits per heavy atom. The SMILES string of the molecule is CCOC(=O)C1CC(n2nnc(CC(C)C)n2)CN1CC1CCC2CN(C(=O)OC)C(C(=O)OCC)CC2C1. The number of rotatable bonds is 9. The molecule has 1 aliphatic carbocycles. The van der Waals surface area contributed by atoms with Crippen LogP contribution in [0.4, 0.5) is 4.79 Å². The molecule has 2 aliphatic heterocycles. The molecule has 3 fully saturated rings. The van der Waals surface area contributed by atoms with Crippen molar-refractivity contribution in [1.29, 1.82) is 0 Å². The number of carbonyl (C=O) groups is 3. The van der Waals surface area contributed by atoms with E-state index in [2.05, 4.69) is 34.2 Å². The largest absolute Gasteiger partial charge is 0.465 e. The number of amides is 1. The van der Waals surface area contributed by atoms with E-state index in [1.54, 1.807) is 16.6 Å². The van der Waals surface area contributed by atoms with Crippen LogP contribution in [0.1, 0.15) is 71.7 Å². The van der Waals surface area contributed by atoms with Gasteiger partial charge in [0.25, 0.3) is 0 Å². The Kier molecular flexibility index (Phi) is 9.79. The lowest BCUT2D eigenvalue weighted by Gasteiger charge is -2.46. The maximum absolute atomic E-state index is 12.9. The summed E-state index contributed by atoms with van der Waals surface area (Å²) in [6.45, 7) is 10.4. The Labute approximate surface area is 230 Å². The van der Waals surface area contributed by atoms with Crippen LogP contribution in [0.15, 0.2) is 0 Å². The first-order valence-electron chi connectivity index (χ1n) is 14.4. The molecule has 1 aromatic heterocycles. The van der Waals surface area contributed by atoms with Crippen molar-refractivity contribution in [3.8, 4) is 0 Å². The van der Waals surface area contributed by atoms with Crippen molar-refractivity contribution < 1.29 is 28.6 Å². The molecular weight excluding hydrogens is 504 g/mol. The van der Waals surface area contributed by atoms with Crippen molar-refractivity contribution >= 4 is 18.0 Å². The van der Waals surface area contributed by atoms with E-state index in [0.29, 0.717) is 56.2 Å².